The molecule has 3 N–H and O–H groups in total. The summed E-state index contributed by atoms with van der Waals surface area (Å²) >= 11 is 0. The molecule has 1 rings (SSSR count). The van der Waals surface area contributed by atoms with Crippen LogP contribution in [0.25, 0.3) is 0 Å². The van der Waals surface area contributed by atoms with Crippen LogP contribution in [0.3, 0.4) is 0 Å². The normalized spacial score (nSPS) is 15.7. The van der Waals surface area contributed by atoms with E-state index in [1.807, 2.05) is 48.5 Å². The van der Waals surface area contributed by atoms with E-state index in [0.717, 1.165) is 0 Å². The fourth-order valence-corrected chi connectivity index (χ4v) is 3.73. The van der Waals surface area contributed by atoms with Crippen molar-refractivity contribution in [2.24, 2.45) is 22.5 Å². The van der Waals surface area contributed by atoms with E-state index >= 15 is 0 Å². The summed E-state index contributed by atoms with van der Waals surface area (Å²) in [5.74, 6) is -3.17. The molecule has 226 valence electrons. The number of hydrogen-bond donors (Lipinski definition) is 2. The van der Waals surface area contributed by atoms with E-state index in [1.165, 1.54) is 12.1 Å². The maximum atomic E-state index is 12.7. The number of ether oxygens (including phenoxy) is 4. The molecule has 0 aliphatic rings. The predicted octanol–water partition coefficient (Wildman–Crippen LogP) is 5.67. The third kappa shape index (κ3) is 11.5. The monoisotopic (exact) mass is 565 g/mol. The Labute approximate surface area is 237 Å². The molecule has 10 nitrogen and oxygen atoms in total. The lowest BCUT2D eigenvalue weighted by Crippen LogP contribution is -2.58. The molecular formula is C30H47NO9. The Morgan fingerprint density at radius 1 is 0.850 bits per heavy atom. The molecule has 1 unspecified atom stereocenters. The molecule has 1 aromatic carbocycles. The van der Waals surface area contributed by atoms with E-state index in [4.69, 9.17) is 24.7 Å². The van der Waals surface area contributed by atoms with E-state index in [9.17, 15) is 24.3 Å². The molecule has 10 heteroatoms. The largest absolute Gasteiger partial charge is 0.508 e. The van der Waals surface area contributed by atoms with Crippen LogP contribution in [0.5, 0.6) is 11.5 Å². The van der Waals surface area contributed by atoms with Gasteiger partial charge in [-0.1, -0.05) is 61.5 Å². The Bertz CT molecular complexity index is 1050. The van der Waals surface area contributed by atoms with Crippen LogP contribution in [-0.2, 0) is 30.3 Å². The second-order valence-electron chi connectivity index (χ2n) is 12.9. The van der Waals surface area contributed by atoms with Gasteiger partial charge in [-0.2, -0.15) is 0 Å². The molecule has 40 heavy (non-hydrogen) atoms. The number of carbonyl (C=O) groups excluding carboxylic acids is 3. The molecule has 0 heterocycles. The summed E-state index contributed by atoms with van der Waals surface area (Å²) in [4.78, 5) is 49.7. The first-order valence-electron chi connectivity index (χ1n) is 13.6. The summed E-state index contributed by atoms with van der Waals surface area (Å²) in [5, 5.41) is 10.1. The van der Waals surface area contributed by atoms with Crippen LogP contribution in [0.15, 0.2) is 18.2 Å². The van der Waals surface area contributed by atoms with Crippen molar-refractivity contribution in [3.63, 3.8) is 0 Å². The minimum Gasteiger partial charge on any atom is -0.480 e. The topological polar surface area (TPSA) is 151 Å². The molecule has 0 aromatic heterocycles. The quantitative estimate of drug-likeness (QED) is 0.239. The van der Waals surface area contributed by atoms with Gasteiger partial charge >= 0.3 is 24.1 Å². The maximum Gasteiger partial charge on any atom is 0.508 e. The van der Waals surface area contributed by atoms with E-state index in [1.54, 1.807) is 26.8 Å². The Balaban J connectivity index is 3.31. The van der Waals surface area contributed by atoms with Crippen molar-refractivity contribution in [2.45, 2.75) is 113 Å². The van der Waals surface area contributed by atoms with Crippen molar-refractivity contribution in [2.75, 3.05) is 0 Å². The van der Waals surface area contributed by atoms with Gasteiger partial charge in [-0.3, -0.25) is 14.4 Å². The van der Waals surface area contributed by atoms with E-state index in [0.29, 0.717) is 12.0 Å². The van der Waals surface area contributed by atoms with Crippen molar-refractivity contribution >= 4 is 24.1 Å². The van der Waals surface area contributed by atoms with Crippen molar-refractivity contribution in [1.29, 1.82) is 0 Å². The molecule has 0 saturated carbocycles. The second kappa shape index (κ2) is 14.0. The molecule has 0 fully saturated rings. The van der Waals surface area contributed by atoms with Gasteiger partial charge in [0.2, 0.25) is 0 Å². The van der Waals surface area contributed by atoms with Crippen LogP contribution in [0.2, 0.25) is 0 Å². The Kier molecular flexibility index (Phi) is 12.2. The standard InChI is InChI=1S/C30H47NO9/c1-11-18(2)37-27(36)38-20(4)19(3)30(31,26(34)35)15-21-12-13-22(39-24(32)16-28(5,6)7)23(14-21)40-25(33)17-29(8,9)10/h12-14,18-20H,11,15-17,31H2,1-10H3,(H,34,35)/t18?,19-,20+,30-/m1/s1. The Hall–Kier alpha value is -3.14. The van der Waals surface area contributed by atoms with E-state index in [-0.39, 0.29) is 47.7 Å². The first-order valence-corrected chi connectivity index (χ1v) is 13.6. The molecule has 0 radical (unpaired) electrons. The number of aliphatic carboxylic acids is 1. The summed E-state index contributed by atoms with van der Waals surface area (Å²) in [5.41, 5.74) is 4.29. The third-order valence-electron chi connectivity index (χ3n) is 6.37. The summed E-state index contributed by atoms with van der Waals surface area (Å²) in [6.45, 7) is 18.0. The molecular weight excluding hydrogens is 518 g/mol. The van der Waals surface area contributed by atoms with Crippen LogP contribution in [-0.4, -0.2) is 46.9 Å². The zero-order valence-corrected chi connectivity index (χ0v) is 25.6. The summed E-state index contributed by atoms with van der Waals surface area (Å²) in [6.07, 6.45) is -1.52. The van der Waals surface area contributed by atoms with Gasteiger partial charge in [0, 0.05) is 12.3 Å². The van der Waals surface area contributed by atoms with Gasteiger partial charge in [-0.25, -0.2) is 4.79 Å². The number of carboxylic acids is 1. The molecule has 0 bridgehead atoms. The summed E-state index contributed by atoms with van der Waals surface area (Å²) in [7, 11) is 0. The zero-order chi connectivity index (χ0) is 31.1. The smallest absolute Gasteiger partial charge is 0.480 e. The summed E-state index contributed by atoms with van der Waals surface area (Å²) < 4.78 is 21.6. The molecule has 4 atom stereocenters. The fraction of sp³-hybridized carbons (Fsp3) is 0.667. The first-order chi connectivity index (χ1) is 18.2. The number of nitrogens with two attached hydrogens (primary N) is 1. The summed E-state index contributed by atoms with van der Waals surface area (Å²) in [6, 6.07) is 4.45. The van der Waals surface area contributed by atoms with Gasteiger partial charge in [0.25, 0.3) is 0 Å². The molecule has 0 spiro atoms. The van der Waals surface area contributed by atoms with E-state index < -0.39 is 41.6 Å². The third-order valence-corrected chi connectivity index (χ3v) is 6.37. The van der Waals surface area contributed by atoms with Gasteiger partial charge in [-0.05, 0) is 48.8 Å². The van der Waals surface area contributed by atoms with Crippen molar-refractivity contribution in [1.82, 2.24) is 0 Å². The lowest BCUT2D eigenvalue weighted by Gasteiger charge is -2.34. The highest BCUT2D eigenvalue weighted by atomic mass is 16.7. The molecule has 0 amide bonds. The van der Waals surface area contributed by atoms with Crippen LogP contribution >= 0.6 is 0 Å². The highest BCUT2D eigenvalue weighted by Crippen LogP contribution is 2.34. The zero-order valence-electron chi connectivity index (χ0n) is 25.6. The van der Waals surface area contributed by atoms with Crippen LogP contribution in [0.1, 0.15) is 94.1 Å². The highest BCUT2D eigenvalue weighted by molar-refractivity contribution is 5.80. The SMILES string of the molecule is CCC(C)OC(=O)O[C@@H](C)[C@@H](C)[C@](N)(Cc1ccc(OC(=O)CC(C)(C)C)c(OC(=O)CC(C)(C)C)c1)C(=O)O. The second-order valence-corrected chi connectivity index (χ2v) is 12.9. The minimum atomic E-state index is -1.87. The molecule has 0 aliphatic heterocycles. The number of rotatable bonds is 12. The number of esters is 2. The van der Waals surface area contributed by atoms with Crippen molar-refractivity contribution in [3.8, 4) is 11.5 Å². The molecule has 1 aromatic rings. The Morgan fingerprint density at radius 2 is 1.35 bits per heavy atom. The van der Waals surface area contributed by atoms with Crippen molar-refractivity contribution in [3.05, 3.63) is 23.8 Å². The number of carbonyl (C=O) groups is 4. The number of hydrogen-bond acceptors (Lipinski definition) is 9. The number of benzene rings is 1. The average Bonchev–Trinajstić information content (AvgIpc) is 2.77. The lowest BCUT2D eigenvalue weighted by molar-refractivity contribution is -0.147. The van der Waals surface area contributed by atoms with Crippen LogP contribution in [0, 0.1) is 16.7 Å². The van der Waals surface area contributed by atoms with Gasteiger partial charge in [0.1, 0.15) is 17.7 Å². The average molecular weight is 566 g/mol. The van der Waals surface area contributed by atoms with Gasteiger partial charge < -0.3 is 29.8 Å². The highest BCUT2D eigenvalue weighted by Gasteiger charge is 2.44. The fourth-order valence-electron chi connectivity index (χ4n) is 3.73. The van der Waals surface area contributed by atoms with Crippen LogP contribution < -0.4 is 15.2 Å². The van der Waals surface area contributed by atoms with Gasteiger partial charge in [0.15, 0.2) is 11.5 Å². The van der Waals surface area contributed by atoms with Gasteiger partial charge in [0.05, 0.1) is 12.8 Å². The minimum absolute atomic E-state index is 0.0177. The molecule has 0 saturated heterocycles. The van der Waals surface area contributed by atoms with E-state index in [2.05, 4.69) is 0 Å². The maximum absolute atomic E-state index is 12.7. The number of carboxylic acid groups (broad SMARTS) is 1. The van der Waals surface area contributed by atoms with Gasteiger partial charge in [-0.15, -0.1) is 0 Å². The Morgan fingerprint density at radius 3 is 1.80 bits per heavy atom. The van der Waals surface area contributed by atoms with Crippen molar-refractivity contribution < 1.29 is 43.2 Å². The first kappa shape index (κ1) is 34.9. The molecule has 0 aliphatic carbocycles. The predicted molar refractivity (Wildman–Crippen MR) is 150 cm³/mol. The lowest BCUT2D eigenvalue weighted by atomic mass is 9.78. The van der Waals surface area contributed by atoms with Crippen LogP contribution in [0.4, 0.5) is 4.79 Å².